The van der Waals surface area contributed by atoms with Crippen molar-refractivity contribution in [2.75, 3.05) is 13.4 Å². The fraction of sp³-hybridized carbons (Fsp3) is 0.0952. The smallest absolute Gasteiger partial charge is 0.347 e. The first-order valence-electron chi connectivity index (χ1n) is 7.97. The first-order valence-corrected chi connectivity index (χ1v) is 9.19. The number of rotatable bonds is 6. The summed E-state index contributed by atoms with van der Waals surface area (Å²) >= 11 is 1.58. The van der Waals surface area contributed by atoms with Gasteiger partial charge in [0.15, 0.2) is 0 Å². The van der Waals surface area contributed by atoms with E-state index in [1.165, 1.54) is 7.11 Å². The van der Waals surface area contributed by atoms with Crippen molar-refractivity contribution in [3.8, 4) is 23.0 Å². The molecule has 0 aromatic heterocycles. The zero-order chi connectivity index (χ0) is 18.4. The van der Waals surface area contributed by atoms with Crippen molar-refractivity contribution in [1.82, 2.24) is 0 Å². The van der Waals surface area contributed by atoms with E-state index in [1.807, 2.05) is 48.7 Å². The van der Waals surface area contributed by atoms with E-state index in [2.05, 4.69) is 0 Å². The Hall–Kier alpha value is -2.92. The van der Waals surface area contributed by atoms with Crippen LogP contribution in [0, 0.1) is 0 Å². The van der Waals surface area contributed by atoms with Crippen LogP contribution in [0.15, 0.2) is 77.7 Å². The molecule has 3 rings (SSSR count). The number of hydrogen-bond donors (Lipinski definition) is 0. The van der Waals surface area contributed by atoms with Gasteiger partial charge in [0, 0.05) is 4.90 Å². The van der Waals surface area contributed by atoms with Gasteiger partial charge in [0.05, 0.1) is 7.11 Å². The number of thioether (sulfide) groups is 1. The molecule has 0 aliphatic heterocycles. The van der Waals surface area contributed by atoms with Gasteiger partial charge in [-0.15, -0.1) is 11.8 Å². The SMILES string of the molecule is COc1cc(SC)ccc1C(=O)Oc1ccc(Oc2ccccc2)cc1. The Balaban J connectivity index is 1.70. The van der Waals surface area contributed by atoms with E-state index in [9.17, 15) is 4.79 Å². The number of para-hydroxylation sites is 1. The van der Waals surface area contributed by atoms with Crippen molar-refractivity contribution in [2.24, 2.45) is 0 Å². The molecule has 0 amide bonds. The largest absolute Gasteiger partial charge is 0.496 e. The lowest BCUT2D eigenvalue weighted by atomic mass is 10.2. The molecule has 0 radical (unpaired) electrons. The first-order chi connectivity index (χ1) is 12.7. The van der Waals surface area contributed by atoms with Crippen LogP contribution in [0.5, 0.6) is 23.0 Å². The molecule has 26 heavy (non-hydrogen) atoms. The van der Waals surface area contributed by atoms with Crippen molar-refractivity contribution >= 4 is 17.7 Å². The van der Waals surface area contributed by atoms with Crippen molar-refractivity contribution < 1.29 is 19.0 Å². The second kappa shape index (κ2) is 8.45. The molecule has 0 aliphatic rings. The van der Waals surface area contributed by atoms with Gasteiger partial charge in [-0.1, -0.05) is 18.2 Å². The van der Waals surface area contributed by atoms with Crippen LogP contribution in [0.4, 0.5) is 0 Å². The van der Waals surface area contributed by atoms with Crippen molar-refractivity contribution in [3.05, 3.63) is 78.4 Å². The van der Waals surface area contributed by atoms with Gasteiger partial charge < -0.3 is 14.2 Å². The second-order valence-electron chi connectivity index (χ2n) is 5.34. The molecular weight excluding hydrogens is 348 g/mol. The summed E-state index contributed by atoms with van der Waals surface area (Å²) in [7, 11) is 1.53. The molecule has 0 spiro atoms. The highest BCUT2D eigenvalue weighted by atomic mass is 32.2. The molecule has 0 N–H and O–H groups in total. The Labute approximate surface area is 156 Å². The maximum atomic E-state index is 12.4. The van der Waals surface area contributed by atoms with Gasteiger partial charge in [-0.2, -0.15) is 0 Å². The Morgan fingerprint density at radius 3 is 2.15 bits per heavy atom. The summed E-state index contributed by atoms with van der Waals surface area (Å²) in [6.45, 7) is 0. The van der Waals surface area contributed by atoms with E-state index >= 15 is 0 Å². The maximum absolute atomic E-state index is 12.4. The number of hydrogen-bond acceptors (Lipinski definition) is 5. The van der Waals surface area contributed by atoms with E-state index in [1.54, 1.807) is 42.1 Å². The molecule has 0 unspecified atom stereocenters. The summed E-state index contributed by atoms with van der Waals surface area (Å²) in [6.07, 6.45) is 1.96. The topological polar surface area (TPSA) is 44.8 Å². The van der Waals surface area contributed by atoms with E-state index in [0.29, 0.717) is 22.8 Å². The molecule has 0 saturated carbocycles. The summed E-state index contributed by atoms with van der Waals surface area (Å²) in [4.78, 5) is 13.4. The minimum atomic E-state index is -0.466. The van der Waals surface area contributed by atoms with Gasteiger partial charge in [-0.3, -0.25) is 0 Å². The average molecular weight is 366 g/mol. The van der Waals surface area contributed by atoms with Gasteiger partial charge in [0.25, 0.3) is 0 Å². The number of carbonyl (C=O) groups excluding carboxylic acids is 1. The van der Waals surface area contributed by atoms with Crippen molar-refractivity contribution in [1.29, 1.82) is 0 Å². The fourth-order valence-electron chi connectivity index (χ4n) is 2.33. The van der Waals surface area contributed by atoms with Crippen LogP contribution in [0.25, 0.3) is 0 Å². The summed E-state index contributed by atoms with van der Waals surface area (Å²) < 4.78 is 16.5. The molecule has 3 aromatic rings. The molecule has 3 aromatic carbocycles. The third-order valence-electron chi connectivity index (χ3n) is 3.64. The van der Waals surface area contributed by atoms with Crippen molar-refractivity contribution in [3.63, 3.8) is 0 Å². The quantitative estimate of drug-likeness (QED) is 0.331. The Morgan fingerprint density at radius 2 is 1.50 bits per heavy atom. The van der Waals surface area contributed by atoms with Gasteiger partial charge >= 0.3 is 5.97 Å². The second-order valence-corrected chi connectivity index (χ2v) is 6.22. The van der Waals surface area contributed by atoms with Crippen LogP contribution in [-0.4, -0.2) is 19.3 Å². The lowest BCUT2D eigenvalue weighted by Crippen LogP contribution is -2.10. The summed E-state index contributed by atoms with van der Waals surface area (Å²) in [5.74, 6) is 1.87. The minimum Gasteiger partial charge on any atom is -0.496 e. The molecule has 0 fully saturated rings. The lowest BCUT2D eigenvalue weighted by molar-refractivity contribution is 0.0731. The highest BCUT2D eigenvalue weighted by Crippen LogP contribution is 2.28. The molecule has 0 aliphatic carbocycles. The van der Waals surface area contributed by atoms with E-state index < -0.39 is 5.97 Å². The zero-order valence-corrected chi connectivity index (χ0v) is 15.3. The molecular formula is C21H18O4S. The first kappa shape index (κ1) is 17.9. The molecule has 132 valence electrons. The average Bonchev–Trinajstić information content (AvgIpc) is 2.69. The van der Waals surface area contributed by atoms with Crippen LogP contribution >= 0.6 is 11.8 Å². The maximum Gasteiger partial charge on any atom is 0.347 e. The summed E-state index contributed by atoms with van der Waals surface area (Å²) in [5.41, 5.74) is 0.384. The van der Waals surface area contributed by atoms with Crippen LogP contribution in [-0.2, 0) is 0 Å². The molecule has 0 bridgehead atoms. The highest BCUT2D eigenvalue weighted by Gasteiger charge is 2.15. The third kappa shape index (κ3) is 4.37. The number of benzene rings is 3. The Bertz CT molecular complexity index is 876. The molecule has 5 heteroatoms. The molecule has 0 saturated heterocycles. The predicted molar refractivity (Wildman–Crippen MR) is 103 cm³/mol. The van der Waals surface area contributed by atoms with Crippen LogP contribution in [0.2, 0.25) is 0 Å². The standard InChI is InChI=1S/C21H18O4S/c1-23-20-14-18(26-2)12-13-19(20)21(22)25-17-10-8-16(9-11-17)24-15-6-4-3-5-7-15/h3-14H,1-2H3. The number of ether oxygens (including phenoxy) is 3. The number of carbonyl (C=O) groups is 1. The van der Waals surface area contributed by atoms with Gasteiger partial charge in [-0.05, 0) is 60.9 Å². The molecule has 0 heterocycles. The molecule has 4 nitrogen and oxygen atoms in total. The zero-order valence-electron chi connectivity index (χ0n) is 14.5. The Morgan fingerprint density at radius 1 is 0.846 bits per heavy atom. The summed E-state index contributed by atoms with van der Waals surface area (Å²) in [5, 5.41) is 0. The third-order valence-corrected chi connectivity index (χ3v) is 4.37. The van der Waals surface area contributed by atoms with E-state index in [0.717, 1.165) is 10.6 Å². The Kier molecular flexibility index (Phi) is 5.81. The van der Waals surface area contributed by atoms with E-state index in [-0.39, 0.29) is 0 Å². The van der Waals surface area contributed by atoms with E-state index in [4.69, 9.17) is 14.2 Å². The van der Waals surface area contributed by atoms with Crippen LogP contribution in [0.1, 0.15) is 10.4 Å². The predicted octanol–water partition coefficient (Wildman–Crippen LogP) is 5.43. The number of methoxy groups -OCH3 is 1. The van der Waals surface area contributed by atoms with Crippen LogP contribution < -0.4 is 14.2 Å². The lowest BCUT2D eigenvalue weighted by Gasteiger charge is -2.10. The molecule has 0 atom stereocenters. The summed E-state index contributed by atoms with van der Waals surface area (Å²) in [6, 6.07) is 21.8. The fourth-order valence-corrected chi connectivity index (χ4v) is 2.76. The minimum absolute atomic E-state index is 0.384. The van der Waals surface area contributed by atoms with Crippen LogP contribution in [0.3, 0.4) is 0 Å². The highest BCUT2D eigenvalue weighted by molar-refractivity contribution is 7.98. The van der Waals surface area contributed by atoms with Gasteiger partial charge in [0.1, 0.15) is 28.6 Å². The normalized spacial score (nSPS) is 10.2. The van der Waals surface area contributed by atoms with Gasteiger partial charge in [0.2, 0.25) is 0 Å². The van der Waals surface area contributed by atoms with Crippen molar-refractivity contribution in [2.45, 2.75) is 4.90 Å². The monoisotopic (exact) mass is 366 g/mol. The van der Waals surface area contributed by atoms with Gasteiger partial charge in [-0.25, -0.2) is 4.79 Å². The number of esters is 1.